The monoisotopic (exact) mass is 349 g/mol. The third kappa shape index (κ3) is 5.81. The standard InChI is InChI=1S/C19H31N3O3/c1-19(10-12-21(2)15-19)14-20-18(23)22(3)11-7-13-25-17-9-6-5-8-16(17)24-4/h5-6,8-9H,7,10-15H2,1-4H3,(H,20,23). The lowest BCUT2D eigenvalue weighted by Crippen LogP contribution is -2.43. The minimum absolute atomic E-state index is 0.0203. The highest BCUT2D eigenvalue weighted by Crippen LogP contribution is 2.28. The average molecular weight is 349 g/mol. The van der Waals surface area contributed by atoms with Crippen LogP contribution in [0.3, 0.4) is 0 Å². The van der Waals surface area contributed by atoms with Gasteiger partial charge >= 0.3 is 6.03 Å². The van der Waals surface area contributed by atoms with Gasteiger partial charge in [0.25, 0.3) is 0 Å². The zero-order valence-corrected chi connectivity index (χ0v) is 15.9. The Kier molecular flexibility index (Phi) is 6.93. The molecule has 0 aliphatic carbocycles. The number of hydrogen-bond acceptors (Lipinski definition) is 4. The first-order chi connectivity index (χ1) is 11.9. The Morgan fingerprint density at radius 2 is 2.08 bits per heavy atom. The molecule has 0 radical (unpaired) electrons. The quantitative estimate of drug-likeness (QED) is 0.733. The zero-order valence-electron chi connectivity index (χ0n) is 15.9. The smallest absolute Gasteiger partial charge is 0.317 e. The minimum Gasteiger partial charge on any atom is -0.493 e. The summed E-state index contributed by atoms with van der Waals surface area (Å²) in [5.41, 5.74) is 0.179. The lowest BCUT2D eigenvalue weighted by atomic mass is 9.90. The molecule has 1 unspecified atom stereocenters. The van der Waals surface area contributed by atoms with E-state index in [1.165, 1.54) is 0 Å². The van der Waals surface area contributed by atoms with Crippen LogP contribution >= 0.6 is 0 Å². The van der Waals surface area contributed by atoms with Crippen LogP contribution in [-0.2, 0) is 0 Å². The molecule has 2 amide bonds. The summed E-state index contributed by atoms with van der Waals surface area (Å²) >= 11 is 0. The van der Waals surface area contributed by atoms with E-state index in [-0.39, 0.29) is 11.4 Å². The van der Waals surface area contributed by atoms with Crippen molar-refractivity contribution < 1.29 is 14.3 Å². The van der Waals surface area contributed by atoms with Gasteiger partial charge in [-0.2, -0.15) is 0 Å². The zero-order chi connectivity index (χ0) is 18.3. The van der Waals surface area contributed by atoms with Crippen LogP contribution in [0.2, 0.25) is 0 Å². The maximum atomic E-state index is 12.2. The van der Waals surface area contributed by atoms with Crippen molar-refractivity contribution in [1.82, 2.24) is 15.1 Å². The Morgan fingerprint density at radius 1 is 1.36 bits per heavy atom. The Morgan fingerprint density at radius 3 is 2.72 bits per heavy atom. The molecule has 1 aromatic carbocycles. The molecule has 0 spiro atoms. The predicted octanol–water partition coefficient (Wildman–Crippen LogP) is 2.45. The fourth-order valence-electron chi connectivity index (χ4n) is 3.16. The van der Waals surface area contributed by atoms with Crippen molar-refractivity contribution in [2.24, 2.45) is 5.41 Å². The minimum atomic E-state index is -0.0203. The molecule has 0 aromatic heterocycles. The van der Waals surface area contributed by atoms with Gasteiger partial charge in [0.1, 0.15) is 0 Å². The first-order valence-corrected chi connectivity index (χ1v) is 8.87. The second-order valence-corrected chi connectivity index (χ2v) is 7.23. The summed E-state index contributed by atoms with van der Waals surface area (Å²) < 4.78 is 11.0. The van der Waals surface area contributed by atoms with E-state index in [9.17, 15) is 4.79 Å². The molecule has 1 fully saturated rings. The van der Waals surface area contributed by atoms with Crippen molar-refractivity contribution in [2.45, 2.75) is 19.8 Å². The Hall–Kier alpha value is -1.95. The molecule has 25 heavy (non-hydrogen) atoms. The summed E-state index contributed by atoms with van der Waals surface area (Å²) in [6, 6.07) is 7.56. The number of urea groups is 1. The molecule has 140 valence electrons. The van der Waals surface area contributed by atoms with Crippen LogP contribution in [0.25, 0.3) is 0 Å². The molecule has 6 heteroatoms. The van der Waals surface area contributed by atoms with Crippen LogP contribution in [0.5, 0.6) is 11.5 Å². The van der Waals surface area contributed by atoms with Crippen LogP contribution in [0.1, 0.15) is 19.8 Å². The van der Waals surface area contributed by atoms with Crippen molar-refractivity contribution in [2.75, 3.05) is 54.0 Å². The molecule has 1 saturated heterocycles. The lowest BCUT2D eigenvalue weighted by Gasteiger charge is -2.26. The van der Waals surface area contributed by atoms with Gasteiger partial charge in [-0.1, -0.05) is 19.1 Å². The molecular weight excluding hydrogens is 318 g/mol. The summed E-state index contributed by atoms with van der Waals surface area (Å²) in [6.07, 6.45) is 1.89. The molecule has 1 atom stereocenters. The lowest BCUT2D eigenvalue weighted by molar-refractivity contribution is 0.195. The number of ether oxygens (including phenoxy) is 2. The summed E-state index contributed by atoms with van der Waals surface area (Å²) in [4.78, 5) is 16.3. The van der Waals surface area contributed by atoms with E-state index in [0.29, 0.717) is 13.2 Å². The van der Waals surface area contributed by atoms with Crippen LogP contribution in [-0.4, -0.2) is 69.8 Å². The van der Waals surface area contributed by atoms with Crippen LogP contribution < -0.4 is 14.8 Å². The van der Waals surface area contributed by atoms with Gasteiger partial charge in [0.15, 0.2) is 11.5 Å². The van der Waals surface area contributed by atoms with Crippen molar-refractivity contribution in [3.63, 3.8) is 0 Å². The third-order valence-electron chi connectivity index (χ3n) is 4.73. The van der Waals surface area contributed by atoms with Crippen LogP contribution in [0.15, 0.2) is 24.3 Å². The van der Waals surface area contributed by atoms with Crippen molar-refractivity contribution >= 4 is 6.03 Å². The molecule has 2 rings (SSSR count). The summed E-state index contributed by atoms with van der Waals surface area (Å²) in [6.45, 7) is 6.28. The van der Waals surface area contributed by atoms with E-state index in [2.05, 4.69) is 24.2 Å². The van der Waals surface area contributed by atoms with Crippen LogP contribution in [0, 0.1) is 5.41 Å². The number of hydrogen-bond donors (Lipinski definition) is 1. The average Bonchev–Trinajstić information content (AvgIpc) is 2.96. The maximum absolute atomic E-state index is 12.2. The number of likely N-dealkylation sites (tertiary alicyclic amines) is 1. The van der Waals surface area contributed by atoms with E-state index in [4.69, 9.17) is 9.47 Å². The first kappa shape index (κ1) is 19.4. The van der Waals surface area contributed by atoms with E-state index >= 15 is 0 Å². The molecular formula is C19H31N3O3. The van der Waals surface area contributed by atoms with E-state index < -0.39 is 0 Å². The second kappa shape index (κ2) is 8.94. The van der Waals surface area contributed by atoms with Gasteiger partial charge < -0.3 is 24.6 Å². The van der Waals surface area contributed by atoms with Crippen molar-refractivity contribution in [3.8, 4) is 11.5 Å². The number of methoxy groups -OCH3 is 1. The Labute approximate surface area is 151 Å². The second-order valence-electron chi connectivity index (χ2n) is 7.23. The number of benzene rings is 1. The fraction of sp³-hybridized carbons (Fsp3) is 0.632. The van der Waals surface area contributed by atoms with Gasteiger partial charge in [0, 0.05) is 26.7 Å². The van der Waals surface area contributed by atoms with Gasteiger partial charge in [-0.25, -0.2) is 4.79 Å². The molecule has 1 heterocycles. The van der Waals surface area contributed by atoms with Crippen molar-refractivity contribution in [3.05, 3.63) is 24.3 Å². The predicted molar refractivity (Wildman–Crippen MR) is 99.4 cm³/mol. The number of nitrogens with one attached hydrogen (secondary N) is 1. The number of carbonyl (C=O) groups is 1. The van der Waals surface area contributed by atoms with Gasteiger partial charge in [-0.15, -0.1) is 0 Å². The highest BCUT2D eigenvalue weighted by Gasteiger charge is 2.32. The number of nitrogens with zero attached hydrogens (tertiary/aromatic N) is 2. The molecule has 1 N–H and O–H groups in total. The highest BCUT2D eigenvalue weighted by atomic mass is 16.5. The van der Waals surface area contributed by atoms with Gasteiger partial charge in [-0.3, -0.25) is 0 Å². The van der Waals surface area contributed by atoms with Crippen molar-refractivity contribution in [1.29, 1.82) is 0 Å². The summed E-state index contributed by atoms with van der Waals surface area (Å²) in [5.74, 6) is 1.46. The fourth-order valence-corrected chi connectivity index (χ4v) is 3.16. The normalized spacial score (nSPS) is 20.3. The number of carbonyl (C=O) groups excluding carboxylic acids is 1. The molecule has 0 bridgehead atoms. The molecule has 0 saturated carbocycles. The number of para-hydroxylation sites is 2. The van der Waals surface area contributed by atoms with Gasteiger partial charge in [0.05, 0.1) is 13.7 Å². The molecule has 6 nitrogen and oxygen atoms in total. The Balaban J connectivity index is 1.66. The molecule has 1 aliphatic heterocycles. The van der Waals surface area contributed by atoms with E-state index in [1.54, 1.807) is 12.0 Å². The third-order valence-corrected chi connectivity index (χ3v) is 4.73. The Bertz CT molecular complexity index is 567. The van der Waals surface area contributed by atoms with Gasteiger partial charge in [0.2, 0.25) is 0 Å². The first-order valence-electron chi connectivity index (χ1n) is 8.87. The topological polar surface area (TPSA) is 54.0 Å². The van der Waals surface area contributed by atoms with E-state index in [0.717, 1.165) is 44.0 Å². The highest BCUT2D eigenvalue weighted by molar-refractivity contribution is 5.73. The molecule has 1 aromatic rings. The summed E-state index contributed by atoms with van der Waals surface area (Å²) in [7, 11) is 5.57. The maximum Gasteiger partial charge on any atom is 0.317 e. The van der Waals surface area contributed by atoms with Crippen LogP contribution in [0.4, 0.5) is 4.79 Å². The number of rotatable bonds is 8. The summed E-state index contributed by atoms with van der Waals surface area (Å²) in [5, 5.41) is 3.06. The van der Waals surface area contributed by atoms with Gasteiger partial charge in [-0.05, 0) is 44.0 Å². The largest absolute Gasteiger partial charge is 0.493 e. The van der Waals surface area contributed by atoms with E-state index in [1.807, 2.05) is 31.3 Å². The number of amides is 2. The molecule has 1 aliphatic rings. The SMILES string of the molecule is COc1ccccc1OCCCN(C)C(=O)NCC1(C)CCN(C)C1.